The Morgan fingerprint density at radius 3 is 2.12 bits per heavy atom. The van der Waals surface area contributed by atoms with Crippen LogP contribution < -0.4 is 0 Å². The van der Waals surface area contributed by atoms with Crippen molar-refractivity contribution in [1.29, 1.82) is 0 Å². The molecule has 0 saturated heterocycles. The summed E-state index contributed by atoms with van der Waals surface area (Å²) in [5.41, 5.74) is 2.16. The van der Waals surface area contributed by atoms with E-state index in [-0.39, 0.29) is 5.41 Å². The summed E-state index contributed by atoms with van der Waals surface area (Å²) in [6.45, 7) is 19.4. The van der Waals surface area contributed by atoms with Gasteiger partial charge in [-0.1, -0.05) is 48.5 Å². The molecule has 0 heterocycles. The highest BCUT2D eigenvalue weighted by Gasteiger charge is 2.70. The van der Waals surface area contributed by atoms with E-state index in [0.29, 0.717) is 27.8 Å². The van der Waals surface area contributed by atoms with Gasteiger partial charge in [0.25, 0.3) is 0 Å². The Morgan fingerprint density at radius 2 is 1.47 bits per heavy atom. The molecule has 0 aromatic rings. The molecule has 5 fully saturated rings. The lowest BCUT2D eigenvalue weighted by Crippen LogP contribution is -2.67. The molecule has 5 saturated carbocycles. The summed E-state index contributed by atoms with van der Waals surface area (Å²) in [6, 6.07) is 0. The highest BCUT2D eigenvalue weighted by atomic mass is 16.5. The fraction of sp³-hybridized carbons (Fsp3) is 1.00. The third-order valence-electron chi connectivity index (χ3n) is 14.2. The van der Waals surface area contributed by atoms with E-state index >= 15 is 0 Å². The summed E-state index contributed by atoms with van der Waals surface area (Å²) in [4.78, 5) is 0. The molecule has 0 spiro atoms. The number of fused-ring (bicyclic) bond motifs is 7. The van der Waals surface area contributed by atoms with Gasteiger partial charge in [-0.2, -0.15) is 0 Å². The van der Waals surface area contributed by atoms with Gasteiger partial charge < -0.3 is 9.47 Å². The zero-order valence-electron chi connectivity index (χ0n) is 24.1. The smallest absolute Gasteiger partial charge is 0.0625 e. The minimum atomic E-state index is 0.287. The summed E-state index contributed by atoms with van der Waals surface area (Å²) in [5.74, 6) is 5.11. The lowest BCUT2D eigenvalue weighted by atomic mass is 9.32. The van der Waals surface area contributed by atoms with Gasteiger partial charge >= 0.3 is 0 Å². The summed E-state index contributed by atoms with van der Waals surface area (Å²) in [5, 5.41) is 0. The molecule has 5 rings (SSSR count). The molecule has 0 aliphatic heterocycles. The van der Waals surface area contributed by atoms with Gasteiger partial charge in [-0.05, 0) is 127 Å². The highest BCUT2D eigenvalue weighted by molar-refractivity contribution is 5.19. The highest BCUT2D eigenvalue weighted by Crippen LogP contribution is 2.77. The topological polar surface area (TPSA) is 18.5 Å². The molecule has 196 valence electrons. The molecule has 5 aliphatic carbocycles. The largest absolute Gasteiger partial charge is 0.384 e. The van der Waals surface area contributed by atoms with Crippen molar-refractivity contribution in [3.63, 3.8) is 0 Å². The first-order valence-corrected chi connectivity index (χ1v) is 14.9. The number of ether oxygens (including phenoxy) is 2. The van der Waals surface area contributed by atoms with Gasteiger partial charge in [0.1, 0.15) is 0 Å². The van der Waals surface area contributed by atoms with Crippen LogP contribution in [0.25, 0.3) is 0 Å². The van der Waals surface area contributed by atoms with E-state index in [9.17, 15) is 0 Å². The Balaban J connectivity index is 1.52. The van der Waals surface area contributed by atoms with Crippen LogP contribution in [0.2, 0.25) is 0 Å². The maximum atomic E-state index is 6.07. The summed E-state index contributed by atoms with van der Waals surface area (Å²) in [7, 11) is 3.91. The first kappa shape index (κ1) is 25.6. The number of hydrogen-bond donors (Lipinski definition) is 0. The van der Waals surface area contributed by atoms with Crippen molar-refractivity contribution in [1.82, 2.24) is 0 Å². The van der Waals surface area contributed by atoms with Gasteiger partial charge in [0.15, 0.2) is 0 Å². The molecule has 5 aliphatic rings. The Morgan fingerprint density at radius 1 is 0.735 bits per heavy atom. The van der Waals surface area contributed by atoms with E-state index in [1.165, 1.54) is 64.2 Å². The van der Waals surface area contributed by atoms with Crippen LogP contribution in [0.5, 0.6) is 0 Å². The molecule has 6 unspecified atom stereocenters. The van der Waals surface area contributed by atoms with Crippen molar-refractivity contribution in [3.05, 3.63) is 0 Å². The van der Waals surface area contributed by atoms with E-state index in [2.05, 4.69) is 48.5 Å². The number of methoxy groups -OCH3 is 2. The van der Waals surface area contributed by atoms with Gasteiger partial charge in [-0.15, -0.1) is 0 Å². The average molecular weight is 473 g/mol. The van der Waals surface area contributed by atoms with Gasteiger partial charge in [-0.3, -0.25) is 0 Å². The summed E-state index contributed by atoms with van der Waals surface area (Å²) < 4.78 is 12.0. The minimum Gasteiger partial charge on any atom is -0.384 e. The summed E-state index contributed by atoms with van der Waals surface area (Å²) >= 11 is 0. The van der Waals surface area contributed by atoms with Crippen LogP contribution in [0.1, 0.15) is 113 Å². The molecule has 0 N–H and O–H groups in total. The number of hydrogen-bond acceptors (Lipinski definition) is 2. The molecule has 2 nitrogen and oxygen atoms in total. The Bertz CT molecular complexity index is 773. The van der Waals surface area contributed by atoms with Crippen LogP contribution >= 0.6 is 0 Å². The molecule has 34 heavy (non-hydrogen) atoms. The summed E-state index contributed by atoms with van der Waals surface area (Å²) in [6.07, 6.45) is 14.5. The molecule has 0 bridgehead atoms. The van der Waals surface area contributed by atoms with Crippen molar-refractivity contribution in [2.75, 3.05) is 20.8 Å². The van der Waals surface area contributed by atoms with Crippen molar-refractivity contribution in [2.24, 2.45) is 62.6 Å². The van der Waals surface area contributed by atoms with Gasteiger partial charge in [-0.25, -0.2) is 0 Å². The van der Waals surface area contributed by atoms with E-state index in [1.807, 2.05) is 14.2 Å². The second-order valence-corrected chi connectivity index (χ2v) is 15.5. The minimum absolute atomic E-state index is 0.287. The van der Waals surface area contributed by atoms with E-state index < -0.39 is 0 Å². The molecule has 0 aromatic heterocycles. The van der Waals surface area contributed by atoms with Crippen molar-refractivity contribution < 1.29 is 9.47 Å². The zero-order valence-corrected chi connectivity index (χ0v) is 24.1. The Kier molecular flexibility index (Phi) is 6.17. The molecular weight excluding hydrogens is 416 g/mol. The predicted octanol–water partition coefficient (Wildman–Crippen LogP) is 8.39. The van der Waals surface area contributed by atoms with Gasteiger partial charge in [0.05, 0.1) is 12.7 Å². The SMILES string of the molecule is COC[C@]12CCC(C(C)C)C1C1CCC3[C@@]4(C)CCC(OC)C(C)(C)C4CC[C@@]3(C)[C@]1(C)CC2. The maximum Gasteiger partial charge on any atom is 0.0625 e. The molecule has 0 amide bonds. The third-order valence-corrected chi connectivity index (χ3v) is 14.2. The first-order valence-electron chi connectivity index (χ1n) is 14.9. The van der Waals surface area contributed by atoms with E-state index in [0.717, 1.165) is 42.1 Å². The van der Waals surface area contributed by atoms with Gasteiger partial charge in [0, 0.05) is 14.2 Å². The van der Waals surface area contributed by atoms with Crippen LogP contribution in [0.15, 0.2) is 0 Å². The Hall–Kier alpha value is -0.0800. The predicted molar refractivity (Wildman–Crippen MR) is 142 cm³/mol. The fourth-order valence-corrected chi connectivity index (χ4v) is 12.5. The molecule has 2 heteroatoms. The third kappa shape index (κ3) is 3.12. The molecule has 10 atom stereocenters. The molecule has 0 aromatic carbocycles. The van der Waals surface area contributed by atoms with Gasteiger partial charge in [0.2, 0.25) is 0 Å². The lowest BCUT2D eigenvalue weighted by Gasteiger charge is -2.73. The normalized spacial score (nSPS) is 54.2. The second kappa shape index (κ2) is 8.21. The van der Waals surface area contributed by atoms with Crippen LogP contribution in [-0.4, -0.2) is 26.9 Å². The second-order valence-electron chi connectivity index (χ2n) is 15.5. The van der Waals surface area contributed by atoms with E-state index in [4.69, 9.17) is 9.47 Å². The van der Waals surface area contributed by atoms with Crippen LogP contribution in [0, 0.1) is 62.6 Å². The van der Waals surface area contributed by atoms with Crippen molar-refractivity contribution in [3.8, 4) is 0 Å². The zero-order chi connectivity index (χ0) is 24.7. The van der Waals surface area contributed by atoms with Crippen molar-refractivity contribution in [2.45, 2.75) is 119 Å². The molecule has 0 radical (unpaired) electrons. The van der Waals surface area contributed by atoms with Crippen LogP contribution in [0.4, 0.5) is 0 Å². The monoisotopic (exact) mass is 472 g/mol. The average Bonchev–Trinajstić information content (AvgIpc) is 3.14. The van der Waals surface area contributed by atoms with E-state index in [1.54, 1.807) is 0 Å². The standard InChI is InChI=1S/C32H56O2/c1-21(2)22-12-17-32(20-33-8)19-18-30(6)23(27(22)32)10-11-25-29(5)15-14-26(34-9)28(3,4)24(29)13-16-31(25,30)7/h21-27H,10-20H2,1-9H3/t22?,23?,24?,25?,26?,27?,29-,30+,31+,32+/m0/s1. The molecular formula is C32H56O2. The fourth-order valence-electron chi connectivity index (χ4n) is 12.5. The number of rotatable bonds is 4. The lowest BCUT2D eigenvalue weighted by molar-refractivity contribution is -0.253. The quantitative estimate of drug-likeness (QED) is 0.409. The first-order chi connectivity index (χ1) is 15.9. The van der Waals surface area contributed by atoms with Crippen molar-refractivity contribution >= 4 is 0 Å². The maximum absolute atomic E-state index is 6.07. The Labute approximate surface area is 211 Å². The van der Waals surface area contributed by atoms with Crippen LogP contribution in [-0.2, 0) is 9.47 Å². The van der Waals surface area contributed by atoms with Crippen LogP contribution in [0.3, 0.4) is 0 Å².